The van der Waals surface area contributed by atoms with E-state index in [9.17, 15) is 32.9 Å². The first-order chi connectivity index (χ1) is 14.5. The maximum atomic E-state index is 12.8. The van der Waals surface area contributed by atoms with Crippen LogP contribution in [0, 0.1) is 10.1 Å². The standard InChI is InChI=1S/C19H15ClF3NO7/c1-3-16(25)31-15-9-11(8-12(17(15)24(27)28)18(26)29-4-2)30-14-6-5-10(7-13(14)20)19(21,22)23/h5-9H,3-4H2,1-2H3. The molecule has 2 rings (SSSR count). The maximum Gasteiger partial charge on any atom is 0.416 e. The summed E-state index contributed by atoms with van der Waals surface area (Å²) < 4.78 is 53.6. The molecule has 0 bridgehead atoms. The molecule has 0 saturated heterocycles. The van der Waals surface area contributed by atoms with Crippen molar-refractivity contribution in [3.8, 4) is 17.2 Å². The number of nitro groups is 1. The summed E-state index contributed by atoms with van der Waals surface area (Å²) in [4.78, 5) is 34.5. The summed E-state index contributed by atoms with van der Waals surface area (Å²) in [5.41, 5.74) is -2.42. The van der Waals surface area contributed by atoms with E-state index >= 15 is 0 Å². The van der Waals surface area contributed by atoms with E-state index < -0.39 is 50.6 Å². The van der Waals surface area contributed by atoms with Gasteiger partial charge in [-0.2, -0.15) is 13.2 Å². The van der Waals surface area contributed by atoms with Gasteiger partial charge in [0.2, 0.25) is 5.75 Å². The fourth-order valence-electron chi connectivity index (χ4n) is 2.35. The summed E-state index contributed by atoms with van der Waals surface area (Å²) in [7, 11) is 0. The van der Waals surface area contributed by atoms with Crippen LogP contribution in [0.4, 0.5) is 18.9 Å². The molecule has 31 heavy (non-hydrogen) atoms. The van der Waals surface area contributed by atoms with Crippen molar-refractivity contribution >= 4 is 29.2 Å². The molecule has 0 unspecified atom stereocenters. The van der Waals surface area contributed by atoms with Crippen LogP contribution in [0.2, 0.25) is 5.02 Å². The van der Waals surface area contributed by atoms with Crippen molar-refractivity contribution in [3.05, 3.63) is 56.6 Å². The van der Waals surface area contributed by atoms with Gasteiger partial charge in [0.25, 0.3) is 0 Å². The predicted octanol–water partition coefficient (Wildman–Crippen LogP) is 5.55. The molecule has 2 aromatic rings. The fourth-order valence-corrected chi connectivity index (χ4v) is 2.57. The normalized spacial score (nSPS) is 11.0. The molecule has 2 aromatic carbocycles. The van der Waals surface area contributed by atoms with Crippen LogP contribution in [-0.2, 0) is 15.7 Å². The Morgan fingerprint density at radius 3 is 2.32 bits per heavy atom. The van der Waals surface area contributed by atoms with Gasteiger partial charge in [-0.1, -0.05) is 18.5 Å². The molecular weight excluding hydrogens is 447 g/mol. The summed E-state index contributed by atoms with van der Waals surface area (Å²) >= 11 is 5.86. The van der Waals surface area contributed by atoms with Crippen molar-refractivity contribution in [2.24, 2.45) is 0 Å². The lowest BCUT2D eigenvalue weighted by Crippen LogP contribution is -2.12. The minimum atomic E-state index is -4.63. The maximum absolute atomic E-state index is 12.8. The van der Waals surface area contributed by atoms with Crippen molar-refractivity contribution in [2.45, 2.75) is 26.4 Å². The van der Waals surface area contributed by atoms with Crippen LogP contribution < -0.4 is 9.47 Å². The van der Waals surface area contributed by atoms with Crippen molar-refractivity contribution < 1.29 is 41.9 Å². The second kappa shape index (κ2) is 9.65. The van der Waals surface area contributed by atoms with E-state index in [2.05, 4.69) is 0 Å². The van der Waals surface area contributed by atoms with Crippen LogP contribution in [0.5, 0.6) is 17.2 Å². The van der Waals surface area contributed by atoms with E-state index in [-0.39, 0.29) is 24.5 Å². The molecule has 0 amide bonds. The van der Waals surface area contributed by atoms with E-state index in [1.54, 1.807) is 0 Å². The molecule has 0 radical (unpaired) electrons. The van der Waals surface area contributed by atoms with Gasteiger partial charge in [-0.05, 0) is 25.1 Å². The summed E-state index contributed by atoms with van der Waals surface area (Å²) in [6.45, 7) is 2.82. The Kier molecular flexibility index (Phi) is 7.45. The highest BCUT2D eigenvalue weighted by Gasteiger charge is 2.32. The third kappa shape index (κ3) is 5.85. The van der Waals surface area contributed by atoms with Crippen LogP contribution in [0.1, 0.15) is 36.2 Å². The zero-order chi connectivity index (χ0) is 23.3. The lowest BCUT2D eigenvalue weighted by atomic mass is 10.1. The van der Waals surface area contributed by atoms with Gasteiger partial charge >= 0.3 is 23.8 Å². The number of carbonyl (C=O) groups is 2. The first-order valence-corrected chi connectivity index (χ1v) is 9.10. The van der Waals surface area contributed by atoms with Crippen LogP contribution in [0.3, 0.4) is 0 Å². The Morgan fingerprint density at radius 1 is 1.13 bits per heavy atom. The minimum absolute atomic E-state index is 0.101. The molecule has 12 heteroatoms. The zero-order valence-electron chi connectivity index (χ0n) is 16.1. The monoisotopic (exact) mass is 461 g/mol. The highest BCUT2D eigenvalue weighted by Crippen LogP contribution is 2.40. The van der Waals surface area contributed by atoms with Crippen molar-refractivity contribution in [2.75, 3.05) is 6.61 Å². The first kappa shape index (κ1) is 23.9. The van der Waals surface area contributed by atoms with Crippen LogP contribution in [-0.4, -0.2) is 23.5 Å². The average Bonchev–Trinajstić information content (AvgIpc) is 2.68. The number of halogens is 4. The Balaban J connectivity index is 2.58. The topological polar surface area (TPSA) is 105 Å². The number of rotatable bonds is 7. The highest BCUT2D eigenvalue weighted by atomic mass is 35.5. The number of hydrogen-bond acceptors (Lipinski definition) is 7. The second-order valence-corrected chi connectivity index (χ2v) is 6.28. The quantitative estimate of drug-likeness (QED) is 0.230. The van der Waals surface area contributed by atoms with Gasteiger partial charge in [0.1, 0.15) is 17.1 Å². The smallest absolute Gasteiger partial charge is 0.416 e. The Hall–Kier alpha value is -3.34. The van der Waals surface area contributed by atoms with Crippen LogP contribution in [0.25, 0.3) is 0 Å². The average molecular weight is 462 g/mol. The number of ether oxygens (including phenoxy) is 3. The molecular formula is C19H15ClF3NO7. The van der Waals surface area contributed by atoms with E-state index in [0.29, 0.717) is 6.07 Å². The second-order valence-electron chi connectivity index (χ2n) is 5.87. The predicted molar refractivity (Wildman–Crippen MR) is 102 cm³/mol. The van der Waals surface area contributed by atoms with E-state index in [1.165, 1.54) is 13.8 Å². The number of carbonyl (C=O) groups excluding carboxylic acids is 2. The number of hydrogen-bond donors (Lipinski definition) is 0. The van der Waals surface area contributed by atoms with Gasteiger partial charge in [-0.15, -0.1) is 0 Å². The summed E-state index contributed by atoms with van der Waals surface area (Å²) in [5, 5.41) is 11.1. The Bertz CT molecular complexity index is 1020. The summed E-state index contributed by atoms with van der Waals surface area (Å²) in [6, 6.07) is 4.17. The molecule has 166 valence electrons. The van der Waals surface area contributed by atoms with Crippen molar-refractivity contribution in [3.63, 3.8) is 0 Å². The number of nitro benzene ring substituents is 1. The van der Waals surface area contributed by atoms with Crippen LogP contribution in [0.15, 0.2) is 30.3 Å². The lowest BCUT2D eigenvalue weighted by molar-refractivity contribution is -0.386. The third-order valence-electron chi connectivity index (χ3n) is 3.73. The number of benzene rings is 2. The molecule has 8 nitrogen and oxygen atoms in total. The molecule has 0 atom stereocenters. The fraction of sp³-hybridized carbons (Fsp3) is 0.263. The Labute approximate surface area is 178 Å². The molecule has 0 spiro atoms. The number of alkyl halides is 3. The highest BCUT2D eigenvalue weighted by molar-refractivity contribution is 6.32. The molecule has 0 aliphatic heterocycles. The lowest BCUT2D eigenvalue weighted by Gasteiger charge is -2.13. The number of esters is 2. The zero-order valence-corrected chi connectivity index (χ0v) is 16.9. The van der Waals surface area contributed by atoms with Gasteiger partial charge in [-0.25, -0.2) is 4.79 Å². The van der Waals surface area contributed by atoms with Crippen LogP contribution >= 0.6 is 11.6 Å². The van der Waals surface area contributed by atoms with E-state index in [1.807, 2.05) is 0 Å². The molecule has 0 fully saturated rings. The molecule has 0 aliphatic rings. The van der Waals surface area contributed by atoms with Gasteiger partial charge in [0, 0.05) is 18.6 Å². The molecule has 0 aliphatic carbocycles. The van der Waals surface area contributed by atoms with Gasteiger partial charge in [0.05, 0.1) is 22.1 Å². The van der Waals surface area contributed by atoms with E-state index in [0.717, 1.165) is 24.3 Å². The molecule has 0 heterocycles. The van der Waals surface area contributed by atoms with Crippen molar-refractivity contribution in [1.29, 1.82) is 0 Å². The molecule has 0 aromatic heterocycles. The van der Waals surface area contributed by atoms with E-state index in [4.69, 9.17) is 25.8 Å². The van der Waals surface area contributed by atoms with Gasteiger partial charge < -0.3 is 14.2 Å². The van der Waals surface area contributed by atoms with Gasteiger partial charge in [-0.3, -0.25) is 14.9 Å². The first-order valence-electron chi connectivity index (χ1n) is 8.72. The summed E-state index contributed by atoms with van der Waals surface area (Å²) in [5.74, 6) is -3.00. The third-order valence-corrected chi connectivity index (χ3v) is 4.02. The number of nitrogens with zero attached hydrogens (tertiary/aromatic N) is 1. The molecule has 0 saturated carbocycles. The minimum Gasteiger partial charge on any atom is -0.462 e. The SMILES string of the molecule is CCOC(=O)c1cc(Oc2ccc(C(F)(F)F)cc2Cl)cc(OC(=O)CC)c1[N+](=O)[O-]. The summed E-state index contributed by atoms with van der Waals surface area (Å²) in [6.07, 6.45) is -4.75. The van der Waals surface area contributed by atoms with Crippen molar-refractivity contribution in [1.82, 2.24) is 0 Å². The largest absolute Gasteiger partial charge is 0.462 e. The Morgan fingerprint density at radius 2 is 1.81 bits per heavy atom. The molecule has 0 N–H and O–H groups in total. The van der Waals surface area contributed by atoms with Gasteiger partial charge in [0.15, 0.2) is 0 Å².